The number of carbonyl (C=O) groups is 1. The molecule has 2 N–H and O–H groups in total. The lowest BCUT2D eigenvalue weighted by molar-refractivity contribution is 0.0462. The highest BCUT2D eigenvalue weighted by molar-refractivity contribution is 6.33. The molecule has 2 aromatic heterocycles. The summed E-state index contributed by atoms with van der Waals surface area (Å²) >= 11 is 6.45. The summed E-state index contributed by atoms with van der Waals surface area (Å²) in [4.78, 5) is 24.0. The van der Waals surface area contributed by atoms with Crippen LogP contribution in [0.5, 0.6) is 5.75 Å². The van der Waals surface area contributed by atoms with Gasteiger partial charge in [-0.05, 0) is 55.0 Å². The van der Waals surface area contributed by atoms with Crippen molar-refractivity contribution in [1.29, 1.82) is 0 Å². The predicted molar refractivity (Wildman–Crippen MR) is 140 cm³/mol. The van der Waals surface area contributed by atoms with Crippen molar-refractivity contribution in [3.8, 4) is 17.0 Å². The second-order valence-electron chi connectivity index (χ2n) is 8.99. The van der Waals surface area contributed by atoms with Crippen molar-refractivity contribution in [2.75, 3.05) is 25.1 Å². The Morgan fingerprint density at radius 3 is 2.92 bits per heavy atom. The van der Waals surface area contributed by atoms with Crippen LogP contribution in [-0.4, -0.2) is 50.9 Å². The minimum atomic E-state index is -0.545. The molecular weight excluding hydrogens is 511 g/mol. The Bertz CT molecular complexity index is 1410. The van der Waals surface area contributed by atoms with E-state index in [0.29, 0.717) is 45.9 Å². The van der Waals surface area contributed by atoms with Crippen LogP contribution in [0.1, 0.15) is 41.3 Å². The third-order valence-corrected chi connectivity index (χ3v) is 6.57. The van der Waals surface area contributed by atoms with Gasteiger partial charge in [0.05, 0.1) is 17.3 Å². The number of carbonyl (C=O) groups excluding carboxylic acids is 1. The maximum Gasteiger partial charge on any atom is 0.294 e. The van der Waals surface area contributed by atoms with Gasteiger partial charge in [0.1, 0.15) is 29.5 Å². The van der Waals surface area contributed by atoms with Crippen molar-refractivity contribution in [2.45, 2.75) is 25.7 Å². The molecule has 196 valence electrons. The summed E-state index contributed by atoms with van der Waals surface area (Å²) in [5.41, 5.74) is 1.61. The molecular formula is C27H26ClFN6O3. The van der Waals surface area contributed by atoms with Gasteiger partial charge in [-0.1, -0.05) is 29.8 Å². The lowest BCUT2D eigenvalue weighted by Gasteiger charge is -2.21. The van der Waals surface area contributed by atoms with Crippen molar-refractivity contribution < 1.29 is 18.7 Å². The summed E-state index contributed by atoms with van der Waals surface area (Å²) in [7, 11) is 0. The maximum atomic E-state index is 13.9. The van der Waals surface area contributed by atoms with E-state index in [1.54, 1.807) is 30.3 Å². The Hall–Kier alpha value is -3.89. The van der Waals surface area contributed by atoms with Gasteiger partial charge in [-0.3, -0.25) is 4.79 Å². The molecule has 5 rings (SSSR count). The van der Waals surface area contributed by atoms with Gasteiger partial charge < -0.3 is 19.8 Å². The first kappa shape index (κ1) is 25.7. The van der Waals surface area contributed by atoms with Crippen LogP contribution in [-0.2, 0) is 11.2 Å². The summed E-state index contributed by atoms with van der Waals surface area (Å²) in [5.74, 6) is 0.897. The summed E-state index contributed by atoms with van der Waals surface area (Å²) < 4.78 is 25.4. The summed E-state index contributed by atoms with van der Waals surface area (Å²) in [6, 6.07) is 13.4. The molecule has 11 heteroatoms. The summed E-state index contributed by atoms with van der Waals surface area (Å²) in [6.07, 6.45) is 4.68. The van der Waals surface area contributed by atoms with E-state index in [-0.39, 0.29) is 23.9 Å². The molecule has 1 aliphatic heterocycles. The summed E-state index contributed by atoms with van der Waals surface area (Å²) in [5, 5.41) is 11.0. The molecule has 1 aliphatic rings. The van der Waals surface area contributed by atoms with E-state index in [9.17, 15) is 9.18 Å². The van der Waals surface area contributed by atoms with Gasteiger partial charge in [0, 0.05) is 31.3 Å². The largest absolute Gasteiger partial charge is 0.494 e. The average molecular weight is 537 g/mol. The fourth-order valence-corrected chi connectivity index (χ4v) is 4.43. The first-order valence-electron chi connectivity index (χ1n) is 12.3. The van der Waals surface area contributed by atoms with Crippen LogP contribution in [0.4, 0.5) is 10.2 Å². The molecule has 0 bridgehead atoms. The molecule has 3 heterocycles. The zero-order valence-electron chi connectivity index (χ0n) is 20.5. The molecule has 0 spiro atoms. The number of anilines is 1. The lowest BCUT2D eigenvalue weighted by atomic mass is 9.99. The van der Waals surface area contributed by atoms with E-state index in [2.05, 4.69) is 30.5 Å². The van der Waals surface area contributed by atoms with Crippen molar-refractivity contribution in [1.82, 2.24) is 25.1 Å². The van der Waals surface area contributed by atoms with Crippen LogP contribution >= 0.6 is 11.6 Å². The van der Waals surface area contributed by atoms with Crippen LogP contribution in [0.25, 0.3) is 11.3 Å². The molecule has 0 saturated carbocycles. The standard InChI is InChI=1S/C27H26ClFN6O3/c28-21-8-7-19(38-11-9-17-4-3-10-37-15-17)13-20(21)23-14-24(31-16-30-23)33-27(36)26-32-25(34-35-26)12-18-5-1-2-6-22(18)29/h1-2,5-8,13-14,16-17H,3-4,9-12,15H2,(H,32,34,35)(H,30,31,33,36). The van der Waals surface area contributed by atoms with E-state index in [1.807, 2.05) is 12.1 Å². The number of hydrogen-bond acceptors (Lipinski definition) is 7. The number of rotatable bonds is 9. The number of aromatic amines is 1. The smallest absolute Gasteiger partial charge is 0.294 e. The van der Waals surface area contributed by atoms with Crippen LogP contribution in [0.3, 0.4) is 0 Å². The number of aromatic nitrogens is 5. The maximum absolute atomic E-state index is 13.9. The number of halogens is 2. The second kappa shape index (κ2) is 12.1. The molecule has 0 aliphatic carbocycles. The minimum Gasteiger partial charge on any atom is -0.494 e. The molecule has 1 atom stereocenters. The van der Waals surface area contributed by atoms with Gasteiger partial charge in [-0.25, -0.2) is 14.4 Å². The normalized spacial score (nSPS) is 15.3. The molecule has 0 radical (unpaired) electrons. The predicted octanol–water partition coefficient (Wildman–Crippen LogP) is 5.09. The van der Waals surface area contributed by atoms with E-state index in [4.69, 9.17) is 21.1 Å². The van der Waals surface area contributed by atoms with Crippen molar-refractivity contribution in [3.05, 3.63) is 82.9 Å². The average Bonchev–Trinajstić information content (AvgIpc) is 3.40. The molecule has 38 heavy (non-hydrogen) atoms. The number of benzene rings is 2. The minimum absolute atomic E-state index is 0.0201. The Kier molecular flexibility index (Phi) is 8.20. The topological polar surface area (TPSA) is 115 Å². The molecule has 2 aromatic carbocycles. The quantitative estimate of drug-likeness (QED) is 0.306. The summed E-state index contributed by atoms with van der Waals surface area (Å²) in [6.45, 7) is 2.20. The van der Waals surface area contributed by atoms with E-state index < -0.39 is 5.91 Å². The fraction of sp³-hybridized carbons (Fsp3) is 0.296. The number of amides is 1. The van der Waals surface area contributed by atoms with Crippen LogP contribution in [0, 0.1) is 11.7 Å². The van der Waals surface area contributed by atoms with Crippen molar-refractivity contribution >= 4 is 23.3 Å². The Labute approximate surface area is 223 Å². The first-order chi connectivity index (χ1) is 18.5. The van der Waals surface area contributed by atoms with Crippen LogP contribution in [0.15, 0.2) is 54.9 Å². The second-order valence-corrected chi connectivity index (χ2v) is 9.40. The highest BCUT2D eigenvalue weighted by atomic mass is 35.5. The third kappa shape index (κ3) is 6.51. The fourth-order valence-electron chi connectivity index (χ4n) is 4.22. The van der Waals surface area contributed by atoms with Gasteiger partial charge in [0.2, 0.25) is 5.82 Å². The zero-order valence-corrected chi connectivity index (χ0v) is 21.2. The molecule has 1 amide bonds. The van der Waals surface area contributed by atoms with E-state index in [1.165, 1.54) is 12.4 Å². The Balaban J connectivity index is 1.23. The Morgan fingerprint density at radius 1 is 1.18 bits per heavy atom. The number of nitrogens with zero attached hydrogens (tertiary/aromatic N) is 4. The molecule has 9 nitrogen and oxygen atoms in total. The first-order valence-corrected chi connectivity index (χ1v) is 12.7. The highest BCUT2D eigenvalue weighted by Crippen LogP contribution is 2.31. The highest BCUT2D eigenvalue weighted by Gasteiger charge is 2.16. The number of ether oxygens (including phenoxy) is 2. The Morgan fingerprint density at radius 2 is 2.08 bits per heavy atom. The third-order valence-electron chi connectivity index (χ3n) is 6.24. The van der Waals surface area contributed by atoms with E-state index in [0.717, 1.165) is 32.5 Å². The molecule has 1 fully saturated rings. The van der Waals surface area contributed by atoms with Crippen molar-refractivity contribution in [2.24, 2.45) is 5.92 Å². The van der Waals surface area contributed by atoms with E-state index >= 15 is 0 Å². The number of H-pyrrole nitrogens is 1. The molecule has 1 saturated heterocycles. The van der Waals surface area contributed by atoms with Gasteiger partial charge in [-0.15, -0.1) is 10.2 Å². The van der Waals surface area contributed by atoms with Crippen molar-refractivity contribution in [3.63, 3.8) is 0 Å². The molecule has 4 aromatic rings. The van der Waals surface area contributed by atoms with Gasteiger partial charge in [0.25, 0.3) is 5.91 Å². The number of hydrogen-bond donors (Lipinski definition) is 2. The van der Waals surface area contributed by atoms with Gasteiger partial charge >= 0.3 is 0 Å². The van der Waals surface area contributed by atoms with Crippen LogP contribution < -0.4 is 10.1 Å². The zero-order chi connectivity index (χ0) is 26.3. The monoisotopic (exact) mass is 536 g/mol. The SMILES string of the molecule is O=C(Nc1cc(-c2cc(OCCC3CCCOC3)ccc2Cl)ncn1)c1nnc(Cc2ccccc2F)[nH]1. The van der Waals surface area contributed by atoms with Crippen LogP contribution in [0.2, 0.25) is 5.02 Å². The van der Waals surface area contributed by atoms with Gasteiger partial charge in [-0.2, -0.15) is 0 Å². The molecule has 1 unspecified atom stereocenters. The number of nitrogens with one attached hydrogen (secondary N) is 2. The lowest BCUT2D eigenvalue weighted by Crippen LogP contribution is -2.19. The van der Waals surface area contributed by atoms with Gasteiger partial charge in [0.15, 0.2) is 0 Å².